The quantitative estimate of drug-likeness (QED) is 0.703. The summed E-state index contributed by atoms with van der Waals surface area (Å²) in [5.41, 5.74) is 0.941. The van der Waals surface area contributed by atoms with Crippen LogP contribution in [0.2, 0.25) is 0 Å². The Bertz CT molecular complexity index is 255. The third kappa shape index (κ3) is 3.14. The van der Waals surface area contributed by atoms with Crippen LogP contribution >= 0.6 is 11.6 Å². The fraction of sp³-hybridized carbons (Fsp3) is 0.600. The molecule has 0 amide bonds. The molecule has 0 atom stereocenters. The number of alkyl halides is 1. The summed E-state index contributed by atoms with van der Waals surface area (Å²) in [5.74, 6) is 1.54. The SMILES string of the molecule is CCCN(CCCl)c1ccc(C)nn1. The van der Waals surface area contributed by atoms with Gasteiger partial charge in [-0.25, -0.2) is 0 Å². The lowest BCUT2D eigenvalue weighted by molar-refractivity contribution is 0.766. The molecule has 78 valence electrons. The molecule has 1 aromatic rings. The molecule has 14 heavy (non-hydrogen) atoms. The molecule has 1 aromatic heterocycles. The molecular weight excluding hydrogens is 198 g/mol. The van der Waals surface area contributed by atoms with Gasteiger partial charge in [0.2, 0.25) is 0 Å². The number of anilines is 1. The number of hydrogen-bond donors (Lipinski definition) is 0. The molecular formula is C10H16ClN3. The minimum Gasteiger partial charge on any atom is -0.354 e. The number of aromatic nitrogens is 2. The van der Waals surface area contributed by atoms with E-state index >= 15 is 0 Å². The molecule has 0 aliphatic rings. The fourth-order valence-corrected chi connectivity index (χ4v) is 1.48. The summed E-state index contributed by atoms with van der Waals surface area (Å²) in [7, 11) is 0. The monoisotopic (exact) mass is 213 g/mol. The largest absolute Gasteiger partial charge is 0.354 e. The Morgan fingerprint density at radius 3 is 2.57 bits per heavy atom. The number of rotatable bonds is 5. The van der Waals surface area contributed by atoms with Crippen LogP contribution in [0.25, 0.3) is 0 Å². The molecule has 0 radical (unpaired) electrons. The third-order valence-electron chi connectivity index (χ3n) is 1.96. The van der Waals surface area contributed by atoms with E-state index in [1.807, 2.05) is 19.1 Å². The Balaban J connectivity index is 2.71. The van der Waals surface area contributed by atoms with E-state index in [9.17, 15) is 0 Å². The average Bonchev–Trinajstić information content (AvgIpc) is 2.19. The molecule has 1 heterocycles. The van der Waals surface area contributed by atoms with E-state index in [4.69, 9.17) is 11.6 Å². The molecule has 0 spiro atoms. The normalized spacial score (nSPS) is 10.2. The van der Waals surface area contributed by atoms with Crippen LogP contribution in [0.3, 0.4) is 0 Å². The molecule has 0 saturated heterocycles. The highest BCUT2D eigenvalue weighted by Crippen LogP contribution is 2.09. The van der Waals surface area contributed by atoms with Gasteiger partial charge < -0.3 is 4.90 Å². The van der Waals surface area contributed by atoms with E-state index in [1.54, 1.807) is 0 Å². The minimum absolute atomic E-state index is 0.621. The van der Waals surface area contributed by atoms with Crippen LogP contribution in [-0.4, -0.2) is 29.2 Å². The van der Waals surface area contributed by atoms with Gasteiger partial charge in [-0.2, -0.15) is 5.10 Å². The van der Waals surface area contributed by atoms with Gasteiger partial charge in [-0.15, -0.1) is 16.7 Å². The molecule has 0 saturated carbocycles. The number of hydrogen-bond acceptors (Lipinski definition) is 3. The van der Waals surface area contributed by atoms with Crippen LogP contribution < -0.4 is 4.90 Å². The molecule has 1 rings (SSSR count). The fourth-order valence-electron chi connectivity index (χ4n) is 1.27. The van der Waals surface area contributed by atoms with Crippen molar-refractivity contribution in [1.82, 2.24) is 10.2 Å². The topological polar surface area (TPSA) is 29.0 Å². The van der Waals surface area contributed by atoms with Crippen LogP contribution in [0.4, 0.5) is 5.82 Å². The Hall–Kier alpha value is -0.830. The highest BCUT2D eigenvalue weighted by atomic mass is 35.5. The van der Waals surface area contributed by atoms with Crippen molar-refractivity contribution >= 4 is 17.4 Å². The second-order valence-electron chi connectivity index (χ2n) is 3.21. The molecule has 0 aromatic carbocycles. The first-order valence-electron chi connectivity index (χ1n) is 4.89. The van der Waals surface area contributed by atoms with E-state index in [1.165, 1.54) is 0 Å². The van der Waals surface area contributed by atoms with Gasteiger partial charge in [-0.05, 0) is 25.5 Å². The van der Waals surface area contributed by atoms with Crippen LogP contribution in [0.15, 0.2) is 12.1 Å². The zero-order valence-corrected chi connectivity index (χ0v) is 9.46. The summed E-state index contributed by atoms with van der Waals surface area (Å²) in [4.78, 5) is 2.15. The first-order chi connectivity index (χ1) is 6.77. The third-order valence-corrected chi connectivity index (χ3v) is 2.12. The molecule has 0 aliphatic heterocycles. The molecule has 0 N–H and O–H groups in total. The van der Waals surface area contributed by atoms with Gasteiger partial charge in [0, 0.05) is 19.0 Å². The van der Waals surface area contributed by atoms with Crippen molar-refractivity contribution in [3.8, 4) is 0 Å². The zero-order chi connectivity index (χ0) is 10.4. The van der Waals surface area contributed by atoms with E-state index in [0.29, 0.717) is 5.88 Å². The summed E-state index contributed by atoms with van der Waals surface area (Å²) >= 11 is 5.72. The Labute approximate surface area is 90.1 Å². The van der Waals surface area contributed by atoms with Gasteiger partial charge in [0.1, 0.15) is 0 Å². The molecule has 0 bridgehead atoms. The minimum atomic E-state index is 0.621. The maximum Gasteiger partial charge on any atom is 0.151 e. The lowest BCUT2D eigenvalue weighted by atomic mass is 10.3. The Morgan fingerprint density at radius 1 is 1.29 bits per heavy atom. The standard InChI is InChI=1S/C10H16ClN3/c1-3-7-14(8-6-11)10-5-4-9(2)12-13-10/h4-5H,3,6-8H2,1-2H3. The van der Waals surface area contributed by atoms with Crippen molar-refractivity contribution in [2.24, 2.45) is 0 Å². The first kappa shape index (κ1) is 11.2. The Morgan fingerprint density at radius 2 is 2.07 bits per heavy atom. The predicted octanol–water partition coefficient (Wildman–Crippen LogP) is 2.24. The smallest absolute Gasteiger partial charge is 0.151 e. The maximum atomic E-state index is 5.72. The van der Waals surface area contributed by atoms with Crippen LogP contribution in [-0.2, 0) is 0 Å². The van der Waals surface area contributed by atoms with Crippen LogP contribution in [0, 0.1) is 6.92 Å². The van der Waals surface area contributed by atoms with E-state index in [0.717, 1.165) is 31.0 Å². The van der Waals surface area contributed by atoms with Gasteiger partial charge in [0.05, 0.1) is 5.69 Å². The van der Waals surface area contributed by atoms with Crippen molar-refractivity contribution in [3.05, 3.63) is 17.8 Å². The van der Waals surface area contributed by atoms with Crippen molar-refractivity contribution in [3.63, 3.8) is 0 Å². The lowest BCUT2D eigenvalue weighted by Crippen LogP contribution is -2.27. The number of halogens is 1. The van der Waals surface area contributed by atoms with Crippen LogP contribution in [0.5, 0.6) is 0 Å². The highest BCUT2D eigenvalue weighted by molar-refractivity contribution is 6.18. The van der Waals surface area contributed by atoms with Crippen molar-refractivity contribution in [1.29, 1.82) is 0 Å². The summed E-state index contributed by atoms with van der Waals surface area (Å²) in [6.45, 7) is 5.88. The second kappa shape index (κ2) is 5.81. The molecule has 4 heteroatoms. The molecule has 0 unspecified atom stereocenters. The van der Waals surface area contributed by atoms with E-state index in [2.05, 4.69) is 22.0 Å². The zero-order valence-electron chi connectivity index (χ0n) is 8.70. The van der Waals surface area contributed by atoms with Gasteiger partial charge in [-0.3, -0.25) is 0 Å². The van der Waals surface area contributed by atoms with Crippen molar-refractivity contribution < 1.29 is 0 Å². The van der Waals surface area contributed by atoms with Gasteiger partial charge in [0.15, 0.2) is 5.82 Å². The Kier molecular flexibility index (Phi) is 4.66. The van der Waals surface area contributed by atoms with Gasteiger partial charge >= 0.3 is 0 Å². The lowest BCUT2D eigenvalue weighted by Gasteiger charge is -2.21. The maximum absolute atomic E-state index is 5.72. The van der Waals surface area contributed by atoms with Crippen molar-refractivity contribution in [2.75, 3.05) is 23.9 Å². The summed E-state index contributed by atoms with van der Waals surface area (Å²) in [6, 6.07) is 3.96. The second-order valence-corrected chi connectivity index (χ2v) is 3.59. The summed E-state index contributed by atoms with van der Waals surface area (Å²) < 4.78 is 0. The van der Waals surface area contributed by atoms with Crippen molar-refractivity contribution in [2.45, 2.75) is 20.3 Å². The summed E-state index contributed by atoms with van der Waals surface area (Å²) in [5, 5.41) is 8.16. The highest BCUT2D eigenvalue weighted by Gasteiger charge is 2.05. The average molecular weight is 214 g/mol. The molecule has 3 nitrogen and oxygen atoms in total. The first-order valence-corrected chi connectivity index (χ1v) is 5.42. The molecule has 0 aliphatic carbocycles. The number of nitrogens with zero attached hydrogens (tertiary/aromatic N) is 3. The van der Waals surface area contributed by atoms with E-state index < -0.39 is 0 Å². The summed E-state index contributed by atoms with van der Waals surface area (Å²) in [6.07, 6.45) is 1.09. The predicted molar refractivity (Wildman–Crippen MR) is 60.0 cm³/mol. The van der Waals surface area contributed by atoms with Gasteiger partial charge in [-0.1, -0.05) is 6.92 Å². The van der Waals surface area contributed by atoms with E-state index in [-0.39, 0.29) is 0 Å². The van der Waals surface area contributed by atoms with Crippen LogP contribution in [0.1, 0.15) is 19.0 Å². The molecule has 0 fully saturated rings. The van der Waals surface area contributed by atoms with Gasteiger partial charge in [0.25, 0.3) is 0 Å². The number of aryl methyl sites for hydroxylation is 1.